The van der Waals surface area contributed by atoms with Crippen LogP contribution in [0.3, 0.4) is 0 Å². The second-order valence-corrected chi connectivity index (χ2v) is 7.15. The number of rotatable bonds is 5. The second-order valence-electron chi connectivity index (χ2n) is 7.15. The third kappa shape index (κ3) is 5.07. The Hall–Kier alpha value is -1.34. The molecule has 0 aromatic carbocycles. The summed E-state index contributed by atoms with van der Waals surface area (Å²) in [5.74, 6) is 0.895. The van der Waals surface area contributed by atoms with Gasteiger partial charge in [0.05, 0.1) is 12.5 Å². The van der Waals surface area contributed by atoms with E-state index >= 15 is 0 Å². The van der Waals surface area contributed by atoms with Crippen molar-refractivity contribution < 1.29 is 14.3 Å². The fourth-order valence-electron chi connectivity index (χ4n) is 3.70. The number of guanidine groups is 1. The molecule has 2 saturated heterocycles. The summed E-state index contributed by atoms with van der Waals surface area (Å²) in [4.78, 5) is 20.9. The van der Waals surface area contributed by atoms with Crippen molar-refractivity contribution in [3.05, 3.63) is 0 Å². The van der Waals surface area contributed by atoms with E-state index < -0.39 is 0 Å². The minimum atomic E-state index is -0.0566. The van der Waals surface area contributed by atoms with Crippen molar-refractivity contribution in [3.8, 4) is 0 Å². The SMILES string of the molecule is CCOC(=O)C1CCN(C(=NC)NCC2(N(C)C)CCOCC2)CC1. The minimum absolute atomic E-state index is 0.0258. The smallest absolute Gasteiger partial charge is 0.309 e. The maximum atomic E-state index is 11.9. The van der Waals surface area contributed by atoms with Crippen molar-refractivity contribution in [3.63, 3.8) is 0 Å². The molecule has 0 spiro atoms. The highest BCUT2D eigenvalue weighted by molar-refractivity contribution is 5.80. The van der Waals surface area contributed by atoms with Gasteiger partial charge in [-0.2, -0.15) is 0 Å². The van der Waals surface area contributed by atoms with Crippen molar-refractivity contribution in [2.45, 2.75) is 38.1 Å². The van der Waals surface area contributed by atoms with Crippen molar-refractivity contribution in [1.82, 2.24) is 15.1 Å². The highest BCUT2D eigenvalue weighted by atomic mass is 16.5. The topological polar surface area (TPSA) is 66.4 Å². The van der Waals surface area contributed by atoms with Gasteiger partial charge in [0, 0.05) is 45.4 Å². The van der Waals surface area contributed by atoms with Gasteiger partial charge in [0.25, 0.3) is 0 Å². The van der Waals surface area contributed by atoms with Gasteiger partial charge < -0.3 is 24.6 Å². The lowest BCUT2D eigenvalue weighted by Crippen LogP contribution is -2.58. The van der Waals surface area contributed by atoms with Crippen LogP contribution in [-0.4, -0.2) is 87.9 Å². The predicted molar refractivity (Wildman–Crippen MR) is 98.8 cm³/mol. The molecule has 0 saturated carbocycles. The number of piperidine rings is 1. The fraction of sp³-hybridized carbons (Fsp3) is 0.889. The van der Waals surface area contributed by atoms with Crippen LogP contribution in [0, 0.1) is 5.92 Å². The number of nitrogens with one attached hydrogen (secondary N) is 1. The summed E-state index contributed by atoms with van der Waals surface area (Å²) in [5, 5.41) is 3.56. The van der Waals surface area contributed by atoms with Gasteiger partial charge in [-0.1, -0.05) is 0 Å². The first-order valence-corrected chi connectivity index (χ1v) is 9.40. The van der Waals surface area contributed by atoms with Crippen LogP contribution in [0.4, 0.5) is 0 Å². The van der Waals surface area contributed by atoms with Gasteiger partial charge in [-0.05, 0) is 46.7 Å². The zero-order chi connectivity index (χ0) is 18.3. The summed E-state index contributed by atoms with van der Waals surface area (Å²) in [5.41, 5.74) is 0.109. The molecule has 0 unspecified atom stereocenters. The van der Waals surface area contributed by atoms with E-state index in [1.165, 1.54) is 0 Å². The summed E-state index contributed by atoms with van der Waals surface area (Å²) >= 11 is 0. The quantitative estimate of drug-likeness (QED) is 0.450. The average molecular weight is 354 g/mol. The van der Waals surface area contributed by atoms with Crippen LogP contribution >= 0.6 is 0 Å². The molecule has 0 bridgehead atoms. The maximum absolute atomic E-state index is 11.9. The van der Waals surface area contributed by atoms with Gasteiger partial charge in [0.15, 0.2) is 5.96 Å². The van der Waals surface area contributed by atoms with E-state index in [9.17, 15) is 4.79 Å². The molecule has 25 heavy (non-hydrogen) atoms. The molecule has 144 valence electrons. The standard InChI is InChI=1S/C18H34N4O3/c1-5-25-16(23)15-6-10-22(11-7-15)17(19-2)20-14-18(21(3)4)8-12-24-13-9-18/h15H,5-14H2,1-4H3,(H,19,20). The van der Waals surface area contributed by atoms with E-state index in [0.29, 0.717) is 6.61 Å². The van der Waals surface area contributed by atoms with Crippen LogP contribution in [0.15, 0.2) is 4.99 Å². The zero-order valence-electron chi connectivity index (χ0n) is 16.2. The van der Waals surface area contributed by atoms with Crippen LogP contribution in [0.2, 0.25) is 0 Å². The predicted octanol–water partition coefficient (Wildman–Crippen LogP) is 0.948. The van der Waals surface area contributed by atoms with Gasteiger partial charge in [0.1, 0.15) is 0 Å². The van der Waals surface area contributed by atoms with Crippen LogP contribution < -0.4 is 5.32 Å². The first-order valence-electron chi connectivity index (χ1n) is 9.40. The lowest BCUT2D eigenvalue weighted by atomic mass is 9.88. The fourth-order valence-corrected chi connectivity index (χ4v) is 3.70. The number of ether oxygens (including phenoxy) is 2. The van der Waals surface area contributed by atoms with E-state index in [-0.39, 0.29) is 17.4 Å². The molecule has 2 fully saturated rings. The summed E-state index contributed by atoms with van der Waals surface area (Å²) in [7, 11) is 6.10. The molecular formula is C18H34N4O3. The van der Waals surface area contributed by atoms with E-state index in [1.54, 1.807) is 0 Å². The van der Waals surface area contributed by atoms with E-state index in [1.807, 2.05) is 14.0 Å². The third-order valence-corrected chi connectivity index (χ3v) is 5.57. The first kappa shape index (κ1) is 20.0. The summed E-state index contributed by atoms with van der Waals surface area (Å²) < 4.78 is 10.7. The van der Waals surface area contributed by atoms with Crippen molar-refractivity contribution >= 4 is 11.9 Å². The monoisotopic (exact) mass is 354 g/mol. The number of likely N-dealkylation sites (N-methyl/N-ethyl adjacent to an activating group) is 1. The maximum Gasteiger partial charge on any atom is 0.309 e. The normalized spacial score (nSPS) is 22.1. The minimum Gasteiger partial charge on any atom is -0.466 e. The number of carbonyl (C=O) groups excluding carboxylic acids is 1. The Morgan fingerprint density at radius 1 is 1.32 bits per heavy atom. The average Bonchev–Trinajstić information content (AvgIpc) is 2.63. The molecule has 0 atom stereocenters. The van der Waals surface area contributed by atoms with E-state index in [4.69, 9.17) is 9.47 Å². The van der Waals surface area contributed by atoms with Crippen LogP contribution in [0.5, 0.6) is 0 Å². The molecule has 2 rings (SSSR count). The number of carbonyl (C=O) groups is 1. The first-order chi connectivity index (χ1) is 12.0. The number of hydrogen-bond acceptors (Lipinski definition) is 5. The molecule has 2 aliphatic rings. The van der Waals surface area contributed by atoms with Gasteiger partial charge in [-0.25, -0.2) is 0 Å². The van der Waals surface area contributed by atoms with Gasteiger partial charge in [-0.15, -0.1) is 0 Å². The Bertz CT molecular complexity index is 453. The van der Waals surface area contributed by atoms with E-state index in [2.05, 4.69) is 34.2 Å². The Morgan fingerprint density at radius 2 is 1.96 bits per heavy atom. The Kier molecular flexibility index (Phi) is 7.50. The molecule has 0 aromatic rings. The second kappa shape index (κ2) is 9.38. The molecule has 7 nitrogen and oxygen atoms in total. The molecule has 0 radical (unpaired) electrons. The lowest BCUT2D eigenvalue weighted by Gasteiger charge is -2.44. The van der Waals surface area contributed by atoms with Crippen LogP contribution in [0.1, 0.15) is 32.6 Å². The van der Waals surface area contributed by atoms with Crippen LogP contribution in [-0.2, 0) is 14.3 Å². The van der Waals surface area contributed by atoms with Crippen LogP contribution in [0.25, 0.3) is 0 Å². The van der Waals surface area contributed by atoms with Crippen molar-refractivity contribution in [2.75, 3.05) is 60.6 Å². The van der Waals surface area contributed by atoms with Crippen molar-refractivity contribution in [1.29, 1.82) is 0 Å². The summed E-state index contributed by atoms with van der Waals surface area (Å²) in [6.45, 7) is 6.46. The molecular weight excluding hydrogens is 320 g/mol. The third-order valence-electron chi connectivity index (χ3n) is 5.57. The number of likely N-dealkylation sites (tertiary alicyclic amines) is 1. The number of nitrogens with zero attached hydrogens (tertiary/aromatic N) is 3. The molecule has 0 amide bonds. The summed E-state index contributed by atoms with van der Waals surface area (Å²) in [6.07, 6.45) is 3.70. The summed E-state index contributed by atoms with van der Waals surface area (Å²) in [6, 6.07) is 0. The molecule has 1 N–H and O–H groups in total. The number of hydrogen-bond donors (Lipinski definition) is 1. The zero-order valence-corrected chi connectivity index (χ0v) is 16.2. The Morgan fingerprint density at radius 3 is 2.48 bits per heavy atom. The molecule has 7 heteroatoms. The number of esters is 1. The van der Waals surface area contributed by atoms with Gasteiger partial charge >= 0.3 is 5.97 Å². The van der Waals surface area contributed by atoms with E-state index in [0.717, 1.165) is 64.5 Å². The Balaban J connectivity index is 1.87. The number of aliphatic imine (C=N–C) groups is 1. The Labute approximate surface area is 151 Å². The highest BCUT2D eigenvalue weighted by Crippen LogP contribution is 2.25. The largest absolute Gasteiger partial charge is 0.466 e. The highest BCUT2D eigenvalue weighted by Gasteiger charge is 2.35. The lowest BCUT2D eigenvalue weighted by molar-refractivity contribution is -0.149. The molecule has 0 aliphatic carbocycles. The van der Waals surface area contributed by atoms with Gasteiger partial charge in [0.2, 0.25) is 0 Å². The van der Waals surface area contributed by atoms with Gasteiger partial charge in [-0.3, -0.25) is 9.79 Å². The molecule has 0 aromatic heterocycles. The van der Waals surface area contributed by atoms with Crippen molar-refractivity contribution in [2.24, 2.45) is 10.9 Å². The molecule has 2 heterocycles. The molecule has 2 aliphatic heterocycles.